The van der Waals surface area contributed by atoms with E-state index < -0.39 is 47.3 Å². The second-order valence-electron chi connectivity index (χ2n) is 3.00. The van der Waals surface area contributed by atoms with E-state index >= 15 is 0 Å². The van der Waals surface area contributed by atoms with Crippen LogP contribution in [0.5, 0.6) is 0 Å². The summed E-state index contributed by atoms with van der Waals surface area (Å²) < 4.78 is 52.8. The molecule has 1 amide bonds. The fourth-order valence-corrected chi connectivity index (χ4v) is 1.20. The Kier molecular flexibility index (Phi) is 3.74. The van der Waals surface area contributed by atoms with Crippen LogP contribution < -0.4 is 10.8 Å². The number of halogens is 4. The zero-order valence-electron chi connectivity index (χ0n) is 8.39. The Labute approximate surface area is 93.0 Å². The SMILES string of the molecule is CNC(=O)c1c(F)c(F)c(B(O)O)c(F)c1F. The molecule has 0 saturated carbocycles. The Morgan fingerprint density at radius 2 is 1.47 bits per heavy atom. The van der Waals surface area contributed by atoms with Gasteiger partial charge >= 0.3 is 7.12 Å². The predicted molar refractivity (Wildman–Crippen MR) is 49.5 cm³/mol. The van der Waals surface area contributed by atoms with Crippen LogP contribution in [0.15, 0.2) is 0 Å². The first kappa shape index (κ1) is 13.5. The van der Waals surface area contributed by atoms with E-state index in [1.807, 2.05) is 0 Å². The first-order valence-corrected chi connectivity index (χ1v) is 4.27. The molecule has 1 aromatic rings. The van der Waals surface area contributed by atoms with E-state index in [0.29, 0.717) is 0 Å². The maximum absolute atomic E-state index is 13.2. The van der Waals surface area contributed by atoms with E-state index in [1.54, 1.807) is 5.32 Å². The van der Waals surface area contributed by atoms with Crippen molar-refractivity contribution < 1.29 is 32.4 Å². The van der Waals surface area contributed by atoms with Crippen LogP contribution in [0.2, 0.25) is 0 Å². The number of benzene rings is 1. The summed E-state index contributed by atoms with van der Waals surface area (Å²) in [5.41, 5.74) is -3.06. The number of hydrogen-bond donors (Lipinski definition) is 3. The van der Waals surface area contributed by atoms with Gasteiger partial charge in [-0.05, 0) is 0 Å². The summed E-state index contributed by atoms with van der Waals surface area (Å²) in [6, 6.07) is 0. The van der Waals surface area contributed by atoms with Gasteiger partial charge in [-0.3, -0.25) is 4.79 Å². The lowest BCUT2D eigenvalue weighted by atomic mass is 9.78. The summed E-state index contributed by atoms with van der Waals surface area (Å²) in [7, 11) is -1.73. The van der Waals surface area contributed by atoms with Crippen molar-refractivity contribution in [1.82, 2.24) is 5.32 Å². The number of nitrogens with one attached hydrogen (secondary N) is 1. The molecule has 0 bridgehead atoms. The molecule has 0 aliphatic heterocycles. The molecule has 0 atom stereocenters. The first-order chi connectivity index (χ1) is 7.82. The molecule has 0 radical (unpaired) electrons. The standard InChI is InChI=1S/C8H6BF4NO3/c1-14-8(15)2-4(10)6(12)3(9(16)17)7(13)5(2)11/h16-17H,1H3,(H,14,15). The van der Waals surface area contributed by atoms with Gasteiger partial charge in [0.15, 0.2) is 23.3 Å². The zero-order valence-corrected chi connectivity index (χ0v) is 8.39. The fourth-order valence-electron chi connectivity index (χ4n) is 1.20. The van der Waals surface area contributed by atoms with Gasteiger partial charge in [0.25, 0.3) is 5.91 Å². The molecule has 1 aromatic carbocycles. The molecule has 0 saturated heterocycles. The van der Waals surface area contributed by atoms with Crippen LogP contribution in [0.4, 0.5) is 17.6 Å². The Hall–Kier alpha value is -1.61. The van der Waals surface area contributed by atoms with E-state index in [2.05, 4.69) is 0 Å². The third-order valence-corrected chi connectivity index (χ3v) is 2.01. The minimum Gasteiger partial charge on any atom is -0.423 e. The van der Waals surface area contributed by atoms with Crippen LogP contribution in [0.1, 0.15) is 10.4 Å². The maximum atomic E-state index is 13.2. The smallest absolute Gasteiger partial charge is 0.423 e. The van der Waals surface area contributed by atoms with E-state index in [9.17, 15) is 22.4 Å². The van der Waals surface area contributed by atoms with Crippen LogP contribution in [-0.4, -0.2) is 30.1 Å². The maximum Gasteiger partial charge on any atom is 0.494 e. The lowest BCUT2D eigenvalue weighted by molar-refractivity contribution is 0.0952. The minimum atomic E-state index is -2.74. The highest BCUT2D eigenvalue weighted by molar-refractivity contribution is 6.58. The fraction of sp³-hybridized carbons (Fsp3) is 0.125. The van der Waals surface area contributed by atoms with Crippen LogP contribution in [0, 0.1) is 23.3 Å². The second kappa shape index (κ2) is 4.72. The molecule has 0 fully saturated rings. The highest BCUT2D eigenvalue weighted by atomic mass is 19.2. The second-order valence-corrected chi connectivity index (χ2v) is 3.00. The molecular formula is C8H6BF4NO3. The Morgan fingerprint density at radius 1 is 1.06 bits per heavy atom. The van der Waals surface area contributed by atoms with Gasteiger partial charge in [-0.2, -0.15) is 0 Å². The van der Waals surface area contributed by atoms with Crippen molar-refractivity contribution in [2.75, 3.05) is 7.05 Å². The van der Waals surface area contributed by atoms with E-state index in [1.165, 1.54) is 0 Å². The normalized spacial score (nSPS) is 10.3. The average molecular weight is 251 g/mol. The van der Waals surface area contributed by atoms with Crippen LogP contribution in [-0.2, 0) is 0 Å². The lowest BCUT2D eigenvalue weighted by Gasteiger charge is -2.10. The van der Waals surface area contributed by atoms with Gasteiger partial charge in [-0.15, -0.1) is 0 Å². The lowest BCUT2D eigenvalue weighted by Crippen LogP contribution is -2.39. The topological polar surface area (TPSA) is 69.6 Å². The number of hydrogen-bond acceptors (Lipinski definition) is 3. The molecule has 0 spiro atoms. The van der Waals surface area contributed by atoms with Crippen molar-refractivity contribution in [3.8, 4) is 0 Å². The predicted octanol–water partition coefficient (Wildman–Crippen LogP) is -0.718. The van der Waals surface area contributed by atoms with E-state index in [0.717, 1.165) is 7.05 Å². The molecule has 4 nitrogen and oxygen atoms in total. The van der Waals surface area contributed by atoms with Gasteiger partial charge in [0.05, 0.1) is 5.46 Å². The molecule has 0 heterocycles. The highest BCUT2D eigenvalue weighted by Gasteiger charge is 2.33. The van der Waals surface area contributed by atoms with Gasteiger partial charge in [0.1, 0.15) is 5.56 Å². The minimum absolute atomic E-state index is 1.01. The van der Waals surface area contributed by atoms with Gasteiger partial charge < -0.3 is 15.4 Å². The molecule has 92 valence electrons. The highest BCUT2D eigenvalue weighted by Crippen LogP contribution is 2.18. The summed E-state index contributed by atoms with van der Waals surface area (Å²) >= 11 is 0. The number of carbonyl (C=O) groups is 1. The van der Waals surface area contributed by atoms with Crippen LogP contribution >= 0.6 is 0 Å². The van der Waals surface area contributed by atoms with E-state index in [4.69, 9.17) is 10.0 Å². The monoisotopic (exact) mass is 251 g/mol. The van der Waals surface area contributed by atoms with Gasteiger partial charge in [-0.25, -0.2) is 17.6 Å². The Balaban J connectivity index is 3.64. The van der Waals surface area contributed by atoms with Crippen molar-refractivity contribution in [1.29, 1.82) is 0 Å². The van der Waals surface area contributed by atoms with Crippen molar-refractivity contribution in [2.24, 2.45) is 0 Å². The van der Waals surface area contributed by atoms with Crippen LogP contribution in [0.25, 0.3) is 0 Å². The quantitative estimate of drug-likeness (QED) is 0.369. The molecule has 0 aromatic heterocycles. The third-order valence-electron chi connectivity index (χ3n) is 2.01. The molecule has 9 heteroatoms. The number of rotatable bonds is 2. The van der Waals surface area contributed by atoms with Crippen molar-refractivity contribution in [2.45, 2.75) is 0 Å². The molecular weight excluding hydrogens is 245 g/mol. The average Bonchev–Trinajstić information content (AvgIpc) is 2.26. The Bertz CT molecular complexity index is 451. The van der Waals surface area contributed by atoms with Gasteiger partial charge in [-0.1, -0.05) is 0 Å². The van der Waals surface area contributed by atoms with E-state index in [-0.39, 0.29) is 0 Å². The third kappa shape index (κ3) is 2.11. The Morgan fingerprint density at radius 3 is 1.76 bits per heavy atom. The zero-order chi connectivity index (χ0) is 13.3. The molecule has 0 aliphatic rings. The summed E-state index contributed by atoms with van der Waals surface area (Å²) in [6.45, 7) is 0. The molecule has 3 N–H and O–H groups in total. The van der Waals surface area contributed by atoms with Crippen molar-refractivity contribution >= 4 is 18.5 Å². The summed E-state index contributed by atoms with van der Waals surface area (Å²) in [6.07, 6.45) is 0. The summed E-state index contributed by atoms with van der Waals surface area (Å²) in [5.74, 6) is -9.43. The largest absolute Gasteiger partial charge is 0.494 e. The molecule has 1 rings (SSSR count). The summed E-state index contributed by atoms with van der Waals surface area (Å²) in [5, 5.41) is 18.9. The first-order valence-electron chi connectivity index (χ1n) is 4.27. The number of carbonyl (C=O) groups excluding carboxylic acids is 1. The van der Waals surface area contributed by atoms with Crippen LogP contribution in [0.3, 0.4) is 0 Å². The molecule has 17 heavy (non-hydrogen) atoms. The number of amides is 1. The van der Waals surface area contributed by atoms with Crippen molar-refractivity contribution in [3.05, 3.63) is 28.8 Å². The van der Waals surface area contributed by atoms with Gasteiger partial charge in [0, 0.05) is 7.05 Å². The van der Waals surface area contributed by atoms with Crippen molar-refractivity contribution in [3.63, 3.8) is 0 Å². The summed E-state index contributed by atoms with van der Waals surface area (Å²) in [4.78, 5) is 11.0. The molecule has 0 unspecified atom stereocenters. The van der Waals surface area contributed by atoms with Gasteiger partial charge in [0.2, 0.25) is 0 Å². The molecule has 0 aliphatic carbocycles.